The van der Waals surface area contributed by atoms with Crippen molar-refractivity contribution in [3.63, 3.8) is 0 Å². The van der Waals surface area contributed by atoms with E-state index in [1.165, 1.54) is 19.3 Å². The number of likely N-dealkylation sites (tertiary alicyclic amines) is 1. The van der Waals surface area contributed by atoms with Crippen molar-refractivity contribution in [1.82, 2.24) is 19.8 Å². The van der Waals surface area contributed by atoms with E-state index >= 15 is 0 Å². The van der Waals surface area contributed by atoms with Crippen molar-refractivity contribution in [2.75, 3.05) is 39.8 Å². The number of rotatable bonds is 7. The summed E-state index contributed by atoms with van der Waals surface area (Å²) in [5.41, 5.74) is 0.983. The van der Waals surface area contributed by atoms with Gasteiger partial charge in [-0.05, 0) is 70.3 Å². The number of nitrogens with one attached hydrogen (secondary N) is 2. The lowest BCUT2D eigenvalue weighted by molar-refractivity contribution is 0.0982. The van der Waals surface area contributed by atoms with Crippen LogP contribution in [0.3, 0.4) is 0 Å². The third-order valence-corrected chi connectivity index (χ3v) is 8.33. The number of benzene rings is 1. The van der Waals surface area contributed by atoms with Gasteiger partial charge in [-0.3, -0.25) is 9.89 Å². The molecule has 0 aliphatic carbocycles. The number of hydrogen-bond donors (Lipinski definition) is 2. The van der Waals surface area contributed by atoms with Gasteiger partial charge in [0.05, 0.1) is 4.90 Å². The second-order valence-corrected chi connectivity index (χ2v) is 11.2. The van der Waals surface area contributed by atoms with Gasteiger partial charge in [0.25, 0.3) is 0 Å². The molecule has 2 heterocycles. The van der Waals surface area contributed by atoms with Gasteiger partial charge in [0.15, 0.2) is 5.96 Å². The third kappa shape index (κ3) is 6.43. The quantitative estimate of drug-likeness (QED) is 0.494. The Morgan fingerprint density at radius 2 is 1.65 bits per heavy atom. The molecule has 0 atom stereocenters. The molecule has 31 heavy (non-hydrogen) atoms. The Kier molecular flexibility index (Phi) is 8.36. The van der Waals surface area contributed by atoms with Crippen LogP contribution in [0.5, 0.6) is 0 Å². The lowest BCUT2D eigenvalue weighted by atomic mass is 9.98. The SMILES string of the molecule is CN=C(NCc1cccc(S(=O)(=O)N2CCCCC2)c1)NCC(C)(C)N1CCCCC1. The van der Waals surface area contributed by atoms with E-state index in [0.29, 0.717) is 24.5 Å². The summed E-state index contributed by atoms with van der Waals surface area (Å²) in [5.74, 6) is 0.731. The molecule has 0 saturated carbocycles. The largest absolute Gasteiger partial charge is 0.355 e. The highest BCUT2D eigenvalue weighted by atomic mass is 32.2. The molecule has 1 aromatic carbocycles. The maximum atomic E-state index is 13.0. The summed E-state index contributed by atoms with van der Waals surface area (Å²) < 4.78 is 27.5. The minimum Gasteiger partial charge on any atom is -0.355 e. The molecule has 2 fully saturated rings. The average molecular weight is 450 g/mol. The predicted octanol–water partition coefficient (Wildman–Crippen LogP) is 2.79. The van der Waals surface area contributed by atoms with Crippen molar-refractivity contribution < 1.29 is 8.42 Å². The van der Waals surface area contributed by atoms with E-state index < -0.39 is 10.0 Å². The number of guanidine groups is 1. The molecule has 174 valence electrons. The standard InChI is InChI=1S/C23H39N5O2S/c1-23(2,27-13-6-4-7-14-27)19-26-22(24-3)25-18-20-11-10-12-21(17-20)31(29,30)28-15-8-5-9-16-28/h10-12,17H,4-9,13-16,18-19H2,1-3H3,(H2,24,25,26). The molecule has 2 aliphatic rings. The van der Waals surface area contributed by atoms with Crippen molar-refractivity contribution in [1.29, 1.82) is 0 Å². The highest BCUT2D eigenvalue weighted by Crippen LogP contribution is 2.22. The van der Waals surface area contributed by atoms with E-state index in [0.717, 1.165) is 50.4 Å². The van der Waals surface area contributed by atoms with Crippen LogP contribution in [-0.2, 0) is 16.6 Å². The molecular weight excluding hydrogens is 410 g/mol. The summed E-state index contributed by atoms with van der Waals surface area (Å²) in [6.07, 6.45) is 6.86. The molecule has 0 amide bonds. The highest BCUT2D eigenvalue weighted by molar-refractivity contribution is 7.89. The highest BCUT2D eigenvalue weighted by Gasteiger charge is 2.28. The van der Waals surface area contributed by atoms with Crippen molar-refractivity contribution in [2.45, 2.75) is 69.4 Å². The number of piperidine rings is 2. The van der Waals surface area contributed by atoms with E-state index in [1.54, 1.807) is 23.5 Å². The Hall–Kier alpha value is -1.64. The third-order valence-electron chi connectivity index (χ3n) is 6.44. The van der Waals surface area contributed by atoms with Gasteiger partial charge in [-0.15, -0.1) is 0 Å². The number of nitrogens with zero attached hydrogens (tertiary/aromatic N) is 3. The predicted molar refractivity (Wildman–Crippen MR) is 127 cm³/mol. The Morgan fingerprint density at radius 1 is 1.00 bits per heavy atom. The maximum absolute atomic E-state index is 13.0. The van der Waals surface area contributed by atoms with Crippen LogP contribution in [0.4, 0.5) is 0 Å². The van der Waals surface area contributed by atoms with E-state index in [9.17, 15) is 8.42 Å². The van der Waals surface area contributed by atoms with E-state index in [1.807, 2.05) is 12.1 Å². The first-order valence-electron chi connectivity index (χ1n) is 11.6. The van der Waals surface area contributed by atoms with Gasteiger partial charge in [0.1, 0.15) is 0 Å². The van der Waals surface area contributed by atoms with Crippen molar-refractivity contribution in [3.05, 3.63) is 29.8 Å². The summed E-state index contributed by atoms with van der Waals surface area (Å²) >= 11 is 0. The van der Waals surface area contributed by atoms with Gasteiger partial charge in [-0.2, -0.15) is 4.31 Å². The van der Waals surface area contributed by atoms with Crippen molar-refractivity contribution in [2.24, 2.45) is 4.99 Å². The second-order valence-electron chi connectivity index (χ2n) is 9.25. The maximum Gasteiger partial charge on any atom is 0.243 e. The zero-order valence-corrected chi connectivity index (χ0v) is 20.2. The molecule has 2 N–H and O–H groups in total. The van der Waals surface area contributed by atoms with Crippen LogP contribution in [0, 0.1) is 0 Å². The van der Waals surface area contributed by atoms with E-state index in [-0.39, 0.29) is 5.54 Å². The van der Waals surface area contributed by atoms with Crippen LogP contribution < -0.4 is 10.6 Å². The molecule has 8 heteroatoms. The Balaban J connectivity index is 1.56. The average Bonchev–Trinajstić information content (AvgIpc) is 2.80. The molecule has 3 rings (SSSR count). The van der Waals surface area contributed by atoms with Gasteiger partial charge in [-0.1, -0.05) is 25.0 Å². The van der Waals surface area contributed by atoms with Crippen molar-refractivity contribution in [3.8, 4) is 0 Å². The molecule has 0 spiro atoms. The molecule has 0 unspecified atom stereocenters. The second kappa shape index (κ2) is 10.8. The lowest BCUT2D eigenvalue weighted by Gasteiger charge is -2.41. The van der Waals surface area contributed by atoms with Crippen LogP contribution in [0.25, 0.3) is 0 Å². The molecule has 1 aromatic rings. The molecule has 0 aromatic heterocycles. The molecule has 7 nitrogen and oxygen atoms in total. The normalized spacial score (nSPS) is 19.9. The topological polar surface area (TPSA) is 77.0 Å². The van der Waals surface area contributed by atoms with Crippen molar-refractivity contribution >= 4 is 16.0 Å². The first-order valence-corrected chi connectivity index (χ1v) is 13.1. The van der Waals surface area contributed by atoms with Gasteiger partial charge in [-0.25, -0.2) is 8.42 Å². The Morgan fingerprint density at radius 3 is 2.29 bits per heavy atom. The fourth-order valence-electron chi connectivity index (χ4n) is 4.39. The molecule has 2 aliphatic heterocycles. The lowest BCUT2D eigenvalue weighted by Crippen LogP contribution is -2.54. The van der Waals surface area contributed by atoms with E-state index in [4.69, 9.17) is 0 Å². The van der Waals surface area contributed by atoms with Crippen LogP contribution in [-0.4, -0.2) is 68.9 Å². The molecule has 2 saturated heterocycles. The van der Waals surface area contributed by atoms with Crippen LogP contribution >= 0.6 is 0 Å². The minimum absolute atomic E-state index is 0.0560. The van der Waals surface area contributed by atoms with Gasteiger partial charge in [0.2, 0.25) is 10.0 Å². The smallest absolute Gasteiger partial charge is 0.243 e. The van der Waals surface area contributed by atoms with Crippen LogP contribution in [0.2, 0.25) is 0 Å². The number of sulfonamides is 1. The Bertz CT molecular complexity index is 841. The number of aliphatic imine (C=N–C) groups is 1. The minimum atomic E-state index is -3.42. The Labute approximate surface area is 188 Å². The zero-order valence-electron chi connectivity index (χ0n) is 19.4. The molecule has 0 bridgehead atoms. The monoisotopic (exact) mass is 449 g/mol. The summed E-state index contributed by atoms with van der Waals surface area (Å²) in [7, 11) is -1.65. The summed E-state index contributed by atoms with van der Waals surface area (Å²) in [4.78, 5) is 7.27. The summed E-state index contributed by atoms with van der Waals surface area (Å²) in [6.45, 7) is 9.41. The van der Waals surface area contributed by atoms with Crippen LogP contribution in [0.1, 0.15) is 57.9 Å². The van der Waals surface area contributed by atoms with Crippen LogP contribution in [0.15, 0.2) is 34.2 Å². The molecule has 0 radical (unpaired) electrons. The number of hydrogen-bond acceptors (Lipinski definition) is 4. The summed E-state index contributed by atoms with van der Waals surface area (Å²) in [5, 5.41) is 6.78. The zero-order chi connectivity index (χ0) is 22.3. The fourth-order valence-corrected chi connectivity index (χ4v) is 5.98. The summed E-state index contributed by atoms with van der Waals surface area (Å²) in [6, 6.07) is 7.25. The van der Waals surface area contributed by atoms with Gasteiger partial charge < -0.3 is 10.6 Å². The first kappa shape index (κ1) is 24.0. The van der Waals surface area contributed by atoms with E-state index in [2.05, 4.69) is 34.4 Å². The first-order chi connectivity index (χ1) is 14.8. The van der Waals surface area contributed by atoms with Gasteiger partial charge in [0, 0.05) is 38.8 Å². The molecular formula is C23H39N5O2S. The van der Waals surface area contributed by atoms with Gasteiger partial charge >= 0.3 is 0 Å². The fraction of sp³-hybridized carbons (Fsp3) is 0.696.